The van der Waals surface area contributed by atoms with Crippen LogP contribution < -0.4 is 5.73 Å². The van der Waals surface area contributed by atoms with Gasteiger partial charge in [0.05, 0.1) is 6.10 Å². The van der Waals surface area contributed by atoms with E-state index in [0.29, 0.717) is 18.4 Å². The molecule has 2 fully saturated rings. The van der Waals surface area contributed by atoms with E-state index >= 15 is 0 Å². The summed E-state index contributed by atoms with van der Waals surface area (Å²) < 4.78 is 0. The fourth-order valence-corrected chi connectivity index (χ4v) is 3.45. The number of carbonyl (C=O) groups excluding carboxylic acids is 1. The van der Waals surface area contributed by atoms with E-state index in [1.807, 2.05) is 0 Å². The molecule has 1 aliphatic heterocycles. The maximum absolute atomic E-state index is 10.9. The minimum atomic E-state index is -0.221. The molecule has 3 unspecified atom stereocenters. The molecule has 1 amide bonds. The van der Waals surface area contributed by atoms with E-state index in [0.717, 1.165) is 32.4 Å². The van der Waals surface area contributed by atoms with Crippen molar-refractivity contribution in [3.8, 4) is 0 Å². The van der Waals surface area contributed by atoms with Gasteiger partial charge in [0, 0.05) is 24.9 Å². The molecule has 0 aromatic carbocycles. The number of hydrogen-bond acceptors (Lipinski definition) is 3. The van der Waals surface area contributed by atoms with Gasteiger partial charge in [-0.05, 0) is 32.2 Å². The summed E-state index contributed by atoms with van der Waals surface area (Å²) in [5.41, 5.74) is 5.22. The van der Waals surface area contributed by atoms with Gasteiger partial charge < -0.3 is 10.8 Å². The van der Waals surface area contributed by atoms with Crippen LogP contribution in [-0.4, -0.2) is 41.1 Å². The first kappa shape index (κ1) is 12.8. The molecule has 1 saturated heterocycles. The molecule has 98 valence electrons. The third-order valence-corrected chi connectivity index (χ3v) is 4.34. The second kappa shape index (κ2) is 5.83. The molecule has 1 saturated carbocycles. The number of hydrogen-bond donors (Lipinski definition) is 2. The SMILES string of the molecule is NC(=O)CCN1CCCCC1C1CCCC1O. The maximum atomic E-state index is 10.9. The lowest BCUT2D eigenvalue weighted by atomic mass is 9.87. The molecule has 0 aromatic rings. The van der Waals surface area contributed by atoms with Crippen molar-refractivity contribution in [3.63, 3.8) is 0 Å². The van der Waals surface area contributed by atoms with Crippen LogP contribution >= 0.6 is 0 Å². The third kappa shape index (κ3) is 3.19. The van der Waals surface area contributed by atoms with E-state index in [1.165, 1.54) is 19.3 Å². The molecule has 2 rings (SSSR count). The van der Waals surface area contributed by atoms with Gasteiger partial charge in [-0.1, -0.05) is 12.8 Å². The van der Waals surface area contributed by atoms with Crippen LogP contribution in [0.3, 0.4) is 0 Å². The number of nitrogens with zero attached hydrogens (tertiary/aromatic N) is 1. The average molecular weight is 240 g/mol. The Bertz CT molecular complexity index is 270. The maximum Gasteiger partial charge on any atom is 0.218 e. The summed E-state index contributed by atoms with van der Waals surface area (Å²) in [6.45, 7) is 1.82. The largest absolute Gasteiger partial charge is 0.393 e. The van der Waals surface area contributed by atoms with Crippen LogP contribution in [0.4, 0.5) is 0 Å². The molecule has 3 N–H and O–H groups in total. The van der Waals surface area contributed by atoms with Gasteiger partial charge in [0.25, 0.3) is 0 Å². The van der Waals surface area contributed by atoms with Crippen molar-refractivity contribution in [1.82, 2.24) is 4.90 Å². The van der Waals surface area contributed by atoms with Crippen LogP contribution in [0.1, 0.15) is 44.9 Å². The van der Waals surface area contributed by atoms with Crippen molar-refractivity contribution in [2.75, 3.05) is 13.1 Å². The number of nitrogens with two attached hydrogens (primary N) is 1. The van der Waals surface area contributed by atoms with E-state index in [-0.39, 0.29) is 12.0 Å². The fraction of sp³-hybridized carbons (Fsp3) is 0.923. The van der Waals surface area contributed by atoms with Crippen molar-refractivity contribution < 1.29 is 9.90 Å². The first-order chi connectivity index (χ1) is 8.18. The molecule has 1 heterocycles. The lowest BCUT2D eigenvalue weighted by Crippen LogP contribution is -2.47. The normalized spacial score (nSPS) is 35.0. The van der Waals surface area contributed by atoms with E-state index in [4.69, 9.17) is 5.73 Å². The number of primary amides is 1. The zero-order chi connectivity index (χ0) is 12.3. The molecule has 0 spiro atoms. The zero-order valence-corrected chi connectivity index (χ0v) is 10.5. The fourth-order valence-electron chi connectivity index (χ4n) is 3.45. The van der Waals surface area contributed by atoms with E-state index in [2.05, 4.69) is 4.90 Å². The molecule has 0 radical (unpaired) electrons. The highest BCUT2D eigenvalue weighted by Crippen LogP contribution is 2.35. The number of carbonyl (C=O) groups is 1. The standard InChI is InChI=1S/C13H24N2O2/c14-13(17)7-9-15-8-2-1-5-11(15)10-4-3-6-12(10)16/h10-12,16H,1-9H2,(H2,14,17). The molecular formula is C13H24N2O2. The highest BCUT2D eigenvalue weighted by molar-refractivity contribution is 5.73. The predicted molar refractivity (Wildman–Crippen MR) is 66.4 cm³/mol. The lowest BCUT2D eigenvalue weighted by molar-refractivity contribution is -0.118. The van der Waals surface area contributed by atoms with Crippen LogP contribution in [0.5, 0.6) is 0 Å². The van der Waals surface area contributed by atoms with Crippen LogP contribution in [0.25, 0.3) is 0 Å². The van der Waals surface area contributed by atoms with Gasteiger partial charge in [0.2, 0.25) is 5.91 Å². The van der Waals surface area contributed by atoms with Gasteiger partial charge in [0.1, 0.15) is 0 Å². The van der Waals surface area contributed by atoms with E-state index in [9.17, 15) is 9.90 Å². The molecule has 2 aliphatic rings. The van der Waals surface area contributed by atoms with Gasteiger partial charge in [-0.25, -0.2) is 0 Å². The average Bonchev–Trinajstić information content (AvgIpc) is 2.73. The highest BCUT2D eigenvalue weighted by Gasteiger charge is 2.36. The summed E-state index contributed by atoms with van der Waals surface area (Å²) in [5.74, 6) is 0.199. The molecule has 0 aromatic heterocycles. The predicted octanol–water partition coefficient (Wildman–Crippen LogP) is 0.877. The lowest BCUT2D eigenvalue weighted by Gasteiger charge is -2.40. The molecule has 4 heteroatoms. The Labute approximate surface area is 103 Å². The Kier molecular flexibility index (Phi) is 4.40. The van der Waals surface area contributed by atoms with Gasteiger partial charge in [-0.3, -0.25) is 9.69 Å². The van der Waals surface area contributed by atoms with Gasteiger partial charge in [-0.2, -0.15) is 0 Å². The number of amides is 1. The summed E-state index contributed by atoms with van der Waals surface area (Å²) in [6, 6.07) is 0.473. The monoisotopic (exact) mass is 240 g/mol. The van der Waals surface area contributed by atoms with Crippen molar-refractivity contribution in [2.45, 2.75) is 57.1 Å². The summed E-state index contributed by atoms with van der Waals surface area (Å²) >= 11 is 0. The summed E-state index contributed by atoms with van der Waals surface area (Å²) in [4.78, 5) is 13.3. The molecule has 0 bridgehead atoms. The van der Waals surface area contributed by atoms with Crippen LogP contribution in [0, 0.1) is 5.92 Å². The van der Waals surface area contributed by atoms with Crippen molar-refractivity contribution in [3.05, 3.63) is 0 Å². The zero-order valence-electron chi connectivity index (χ0n) is 10.5. The number of piperidine rings is 1. The minimum Gasteiger partial charge on any atom is -0.393 e. The summed E-state index contributed by atoms with van der Waals surface area (Å²) in [5, 5.41) is 10.0. The molecule has 17 heavy (non-hydrogen) atoms. The third-order valence-electron chi connectivity index (χ3n) is 4.34. The number of rotatable bonds is 4. The Morgan fingerprint density at radius 3 is 2.71 bits per heavy atom. The summed E-state index contributed by atoms with van der Waals surface area (Å²) in [6.07, 6.45) is 7.17. The number of aliphatic hydroxyl groups excluding tert-OH is 1. The Morgan fingerprint density at radius 2 is 2.06 bits per heavy atom. The van der Waals surface area contributed by atoms with E-state index < -0.39 is 0 Å². The quantitative estimate of drug-likeness (QED) is 0.766. The smallest absolute Gasteiger partial charge is 0.218 e. The van der Waals surface area contributed by atoms with Gasteiger partial charge >= 0.3 is 0 Å². The topological polar surface area (TPSA) is 66.6 Å². The van der Waals surface area contributed by atoms with Crippen LogP contribution in [0.2, 0.25) is 0 Å². The van der Waals surface area contributed by atoms with Gasteiger partial charge in [0.15, 0.2) is 0 Å². The van der Waals surface area contributed by atoms with Crippen molar-refractivity contribution >= 4 is 5.91 Å². The first-order valence-corrected chi connectivity index (χ1v) is 6.89. The van der Waals surface area contributed by atoms with Crippen molar-refractivity contribution in [2.24, 2.45) is 11.7 Å². The van der Waals surface area contributed by atoms with Crippen LogP contribution in [-0.2, 0) is 4.79 Å². The van der Waals surface area contributed by atoms with Gasteiger partial charge in [-0.15, -0.1) is 0 Å². The minimum absolute atomic E-state index is 0.130. The number of likely N-dealkylation sites (tertiary alicyclic amines) is 1. The summed E-state index contributed by atoms with van der Waals surface area (Å²) in [7, 11) is 0. The second-order valence-corrected chi connectivity index (χ2v) is 5.48. The second-order valence-electron chi connectivity index (χ2n) is 5.48. The molecular weight excluding hydrogens is 216 g/mol. The Hall–Kier alpha value is -0.610. The Balaban J connectivity index is 1.93. The molecule has 3 atom stereocenters. The molecule has 4 nitrogen and oxygen atoms in total. The number of aliphatic hydroxyl groups is 1. The molecule has 1 aliphatic carbocycles. The highest BCUT2D eigenvalue weighted by atomic mass is 16.3. The first-order valence-electron chi connectivity index (χ1n) is 6.89. The van der Waals surface area contributed by atoms with E-state index in [1.54, 1.807) is 0 Å². The Morgan fingerprint density at radius 1 is 1.24 bits per heavy atom. The van der Waals surface area contributed by atoms with Crippen molar-refractivity contribution in [1.29, 1.82) is 0 Å². The van der Waals surface area contributed by atoms with Crippen LogP contribution in [0.15, 0.2) is 0 Å².